The van der Waals surface area contributed by atoms with E-state index in [9.17, 15) is 28.4 Å². The van der Waals surface area contributed by atoms with Crippen LogP contribution >= 0.6 is 0 Å². The zero-order chi connectivity index (χ0) is 27.1. The van der Waals surface area contributed by atoms with Gasteiger partial charge in [0.2, 0.25) is 0 Å². The molecule has 0 fully saturated rings. The Labute approximate surface area is 212 Å². The van der Waals surface area contributed by atoms with Crippen LogP contribution in [0, 0.1) is 16.0 Å². The molecule has 0 radical (unpaired) electrons. The lowest BCUT2D eigenvalue weighted by Gasteiger charge is -2.32. The number of hydrogen-bond donors (Lipinski definition) is 3. The number of aliphatic hydroxyl groups is 1. The summed E-state index contributed by atoms with van der Waals surface area (Å²) in [7, 11) is -4.22. The number of rotatable bonds is 11. The summed E-state index contributed by atoms with van der Waals surface area (Å²) in [4.78, 5) is 22.8. The molecule has 2 rings (SSSR count). The molecule has 36 heavy (non-hydrogen) atoms. The Bertz CT molecular complexity index is 1110. The average molecular weight is 522 g/mol. The van der Waals surface area contributed by atoms with Crippen LogP contribution in [0.25, 0.3) is 0 Å². The quantitative estimate of drug-likeness (QED) is 0.301. The number of carbonyl (C=O) groups excluding carboxylic acids is 1. The number of aliphatic hydroxyl groups excluding tert-OH is 1. The first-order valence-corrected chi connectivity index (χ1v) is 13.2. The molecule has 0 aromatic heterocycles. The third kappa shape index (κ3) is 8.58. The van der Waals surface area contributed by atoms with Gasteiger partial charge < -0.3 is 15.2 Å². The number of carbonyl (C=O) groups is 1. The number of nitrogens with one attached hydrogen (secondary N) is 2. The van der Waals surface area contributed by atoms with E-state index >= 15 is 0 Å². The number of nitrogens with zero attached hydrogens (tertiary/aromatic N) is 1. The summed E-state index contributed by atoms with van der Waals surface area (Å²) in [5.41, 5.74) is -0.283. The lowest BCUT2D eigenvalue weighted by molar-refractivity contribution is -0.384. The molecular weight excluding hydrogens is 486 g/mol. The molecule has 0 saturated heterocycles. The highest BCUT2D eigenvalue weighted by Gasteiger charge is 2.39. The van der Waals surface area contributed by atoms with Gasteiger partial charge in [-0.15, -0.1) is 0 Å². The van der Waals surface area contributed by atoms with Crippen molar-refractivity contribution in [1.29, 1.82) is 0 Å². The Hall–Kier alpha value is -3.02. The molecule has 0 spiro atoms. The van der Waals surface area contributed by atoms with E-state index in [4.69, 9.17) is 4.74 Å². The Balaban J connectivity index is 2.45. The van der Waals surface area contributed by atoms with Crippen molar-refractivity contribution in [2.24, 2.45) is 5.92 Å². The van der Waals surface area contributed by atoms with Crippen molar-refractivity contribution >= 4 is 21.6 Å². The lowest BCUT2D eigenvalue weighted by atomic mass is 10.0. The molecule has 0 bridgehead atoms. The van der Waals surface area contributed by atoms with Crippen molar-refractivity contribution in [3.8, 4) is 0 Å². The van der Waals surface area contributed by atoms with Crippen LogP contribution in [0.3, 0.4) is 0 Å². The average Bonchev–Trinajstić information content (AvgIpc) is 2.77. The highest BCUT2D eigenvalue weighted by atomic mass is 32.2. The molecular formula is C25H35N3O7S. The van der Waals surface area contributed by atoms with E-state index in [1.54, 1.807) is 45.0 Å². The Morgan fingerprint density at radius 1 is 1.08 bits per heavy atom. The van der Waals surface area contributed by atoms with Gasteiger partial charge in [0.25, 0.3) is 5.69 Å². The van der Waals surface area contributed by atoms with E-state index < -0.39 is 44.0 Å². The van der Waals surface area contributed by atoms with E-state index in [-0.39, 0.29) is 29.5 Å². The Morgan fingerprint density at radius 3 is 2.17 bits per heavy atom. The molecule has 0 heterocycles. The van der Waals surface area contributed by atoms with Gasteiger partial charge >= 0.3 is 6.09 Å². The molecule has 198 valence electrons. The van der Waals surface area contributed by atoms with Gasteiger partial charge in [-0.05, 0) is 57.4 Å². The number of sulfone groups is 1. The summed E-state index contributed by atoms with van der Waals surface area (Å²) in [6.45, 7) is 9.12. The minimum Gasteiger partial charge on any atom is -0.444 e. The monoisotopic (exact) mass is 521 g/mol. The lowest BCUT2D eigenvalue weighted by Crippen LogP contribution is -2.57. The largest absolute Gasteiger partial charge is 0.444 e. The first-order chi connectivity index (χ1) is 16.7. The fourth-order valence-corrected chi connectivity index (χ4v) is 5.15. The number of alkyl carbamates (subject to hydrolysis) is 1. The molecule has 2 aromatic carbocycles. The van der Waals surface area contributed by atoms with Gasteiger partial charge in [0.15, 0.2) is 9.84 Å². The molecule has 0 aliphatic heterocycles. The molecule has 10 nitrogen and oxygen atoms in total. The van der Waals surface area contributed by atoms with Crippen LogP contribution in [0.4, 0.5) is 10.5 Å². The SMILES string of the molecule is CC(C)CNC(C(O)C(Cc1ccccc1)NC(=O)OC(C)(C)C)S(=O)(=O)c1ccc([N+](=O)[O-])cc1. The fraction of sp³-hybridized carbons (Fsp3) is 0.480. The van der Waals surface area contributed by atoms with Crippen LogP contribution in [0.5, 0.6) is 0 Å². The molecule has 3 unspecified atom stereocenters. The third-order valence-corrected chi connectivity index (χ3v) is 7.20. The van der Waals surface area contributed by atoms with Crippen molar-refractivity contribution in [2.75, 3.05) is 6.54 Å². The number of amides is 1. The number of nitro groups is 1. The van der Waals surface area contributed by atoms with Crippen LogP contribution in [0.15, 0.2) is 59.5 Å². The normalized spacial score (nSPS) is 14.6. The second-order valence-electron chi connectivity index (χ2n) is 9.95. The highest BCUT2D eigenvalue weighted by Crippen LogP contribution is 2.23. The van der Waals surface area contributed by atoms with Crippen LogP contribution in [0.2, 0.25) is 0 Å². The molecule has 1 amide bonds. The maximum absolute atomic E-state index is 13.6. The van der Waals surface area contributed by atoms with Crippen molar-refractivity contribution < 1.29 is 28.0 Å². The zero-order valence-corrected chi connectivity index (χ0v) is 22.0. The summed E-state index contributed by atoms with van der Waals surface area (Å²) in [5.74, 6) is 0.0538. The van der Waals surface area contributed by atoms with E-state index in [2.05, 4.69) is 10.6 Å². The molecule has 3 atom stereocenters. The second kappa shape index (κ2) is 12.3. The minimum absolute atomic E-state index is 0.0538. The Kier molecular flexibility index (Phi) is 9.97. The maximum Gasteiger partial charge on any atom is 0.407 e. The molecule has 3 N–H and O–H groups in total. The first-order valence-electron chi connectivity index (χ1n) is 11.6. The smallest absolute Gasteiger partial charge is 0.407 e. The summed E-state index contributed by atoms with van der Waals surface area (Å²) in [6.07, 6.45) is -2.24. The topological polar surface area (TPSA) is 148 Å². The highest BCUT2D eigenvalue weighted by molar-refractivity contribution is 7.92. The van der Waals surface area contributed by atoms with Gasteiger partial charge in [0.05, 0.1) is 15.9 Å². The first kappa shape index (κ1) is 29.2. The number of benzene rings is 2. The predicted molar refractivity (Wildman–Crippen MR) is 136 cm³/mol. The fourth-order valence-electron chi connectivity index (χ4n) is 3.47. The van der Waals surface area contributed by atoms with Crippen molar-refractivity contribution in [1.82, 2.24) is 10.6 Å². The van der Waals surface area contributed by atoms with E-state index in [1.165, 1.54) is 0 Å². The molecule has 0 saturated carbocycles. The predicted octanol–water partition coefficient (Wildman–Crippen LogP) is 3.44. The zero-order valence-electron chi connectivity index (χ0n) is 21.2. The van der Waals surface area contributed by atoms with E-state index in [1.807, 2.05) is 19.9 Å². The van der Waals surface area contributed by atoms with Gasteiger partial charge in [-0.25, -0.2) is 13.2 Å². The van der Waals surface area contributed by atoms with Crippen molar-refractivity contribution in [3.63, 3.8) is 0 Å². The number of nitro benzene ring substituents is 1. The molecule has 11 heteroatoms. The molecule has 2 aromatic rings. The summed E-state index contributed by atoms with van der Waals surface area (Å²) in [5, 5.41) is 26.4. The van der Waals surface area contributed by atoms with E-state index in [0.717, 1.165) is 29.8 Å². The van der Waals surface area contributed by atoms with Gasteiger partial charge in [-0.2, -0.15) is 0 Å². The summed E-state index contributed by atoms with van der Waals surface area (Å²) < 4.78 is 32.6. The van der Waals surface area contributed by atoms with Gasteiger partial charge in [-0.3, -0.25) is 15.4 Å². The summed E-state index contributed by atoms with van der Waals surface area (Å²) >= 11 is 0. The van der Waals surface area contributed by atoms with Gasteiger partial charge in [0, 0.05) is 12.1 Å². The van der Waals surface area contributed by atoms with E-state index in [0.29, 0.717) is 0 Å². The standard InChI is InChI=1S/C25H35N3O7S/c1-17(2)16-26-23(36(33,34)20-13-11-19(12-14-20)28(31)32)22(29)21(15-18-9-7-6-8-10-18)27-24(30)35-25(3,4)5/h6-14,17,21-23,26,29H,15-16H2,1-5H3,(H,27,30). The molecule has 0 aliphatic carbocycles. The van der Waals surface area contributed by atoms with Crippen molar-refractivity contribution in [3.05, 3.63) is 70.3 Å². The third-order valence-electron chi connectivity index (χ3n) is 5.16. The van der Waals surface area contributed by atoms with Crippen LogP contribution in [-0.4, -0.2) is 54.2 Å². The summed E-state index contributed by atoms with van der Waals surface area (Å²) in [6, 6.07) is 12.5. The Morgan fingerprint density at radius 2 is 1.67 bits per heavy atom. The number of ether oxygens (including phenoxy) is 1. The number of non-ortho nitro benzene ring substituents is 1. The second-order valence-corrected chi connectivity index (χ2v) is 12.0. The van der Waals surface area contributed by atoms with Crippen molar-refractivity contribution in [2.45, 2.75) is 69.1 Å². The van der Waals surface area contributed by atoms with Crippen LogP contribution < -0.4 is 10.6 Å². The molecule has 0 aliphatic rings. The minimum atomic E-state index is -4.22. The van der Waals surface area contributed by atoms with Gasteiger partial charge in [0.1, 0.15) is 17.1 Å². The number of hydrogen-bond acceptors (Lipinski definition) is 8. The van der Waals surface area contributed by atoms with Gasteiger partial charge in [-0.1, -0.05) is 44.2 Å². The van der Waals surface area contributed by atoms with Crippen LogP contribution in [0.1, 0.15) is 40.2 Å². The van der Waals surface area contributed by atoms with Crippen LogP contribution in [-0.2, 0) is 21.0 Å². The maximum atomic E-state index is 13.6.